The lowest BCUT2D eigenvalue weighted by Crippen LogP contribution is -2.35. The summed E-state index contributed by atoms with van der Waals surface area (Å²) in [6.45, 7) is 6.23. The number of ether oxygens (including phenoxy) is 1. The van der Waals surface area contributed by atoms with E-state index in [1.807, 2.05) is 0 Å². The Kier molecular flexibility index (Phi) is 6.98. The van der Waals surface area contributed by atoms with Crippen LogP contribution >= 0.6 is 22.7 Å². The molecule has 0 saturated carbocycles. The van der Waals surface area contributed by atoms with Gasteiger partial charge in [-0.3, -0.25) is 4.79 Å². The molecule has 2 atom stereocenters. The zero-order valence-electron chi connectivity index (χ0n) is 17.9. The zero-order chi connectivity index (χ0) is 22.0. The summed E-state index contributed by atoms with van der Waals surface area (Å²) in [5.74, 6) is -0.330. The highest BCUT2D eigenvalue weighted by Crippen LogP contribution is 2.47. The zero-order valence-corrected chi connectivity index (χ0v) is 19.5. The number of aromatic nitrogens is 1. The highest BCUT2D eigenvalue weighted by molar-refractivity contribution is 7.23. The summed E-state index contributed by atoms with van der Waals surface area (Å²) in [6.07, 6.45) is 1.24. The van der Waals surface area contributed by atoms with Gasteiger partial charge in [0.25, 0.3) is 0 Å². The van der Waals surface area contributed by atoms with Crippen molar-refractivity contribution in [3.8, 4) is 10.6 Å². The van der Waals surface area contributed by atoms with Crippen molar-refractivity contribution in [1.82, 2.24) is 15.6 Å². The number of halogens is 1. The minimum atomic E-state index is -0.294. The van der Waals surface area contributed by atoms with E-state index in [1.54, 1.807) is 24.5 Å². The maximum atomic E-state index is 13.7. The quantitative estimate of drug-likeness (QED) is 0.435. The van der Waals surface area contributed by atoms with Crippen molar-refractivity contribution >= 4 is 43.8 Å². The topological polar surface area (TPSA) is 75.3 Å². The molecular formula is C22H27FN4O2S2. The Morgan fingerprint density at radius 1 is 1.32 bits per heavy atom. The van der Waals surface area contributed by atoms with Gasteiger partial charge in [-0.25, -0.2) is 9.37 Å². The predicted molar refractivity (Wildman–Crippen MR) is 126 cm³/mol. The van der Waals surface area contributed by atoms with Crippen LogP contribution in [-0.4, -0.2) is 43.7 Å². The number of amides is 1. The fourth-order valence-corrected chi connectivity index (χ4v) is 6.26. The fraction of sp³-hybridized carbons (Fsp3) is 0.455. The van der Waals surface area contributed by atoms with Crippen molar-refractivity contribution in [2.45, 2.75) is 38.8 Å². The number of thiophene rings is 1. The van der Waals surface area contributed by atoms with Gasteiger partial charge in [0, 0.05) is 55.2 Å². The van der Waals surface area contributed by atoms with Crippen molar-refractivity contribution in [1.29, 1.82) is 0 Å². The van der Waals surface area contributed by atoms with E-state index in [9.17, 15) is 9.18 Å². The molecule has 1 aliphatic heterocycles. The van der Waals surface area contributed by atoms with Crippen LogP contribution in [0.5, 0.6) is 0 Å². The van der Waals surface area contributed by atoms with Gasteiger partial charge in [-0.15, -0.1) is 22.7 Å². The second-order valence-electron chi connectivity index (χ2n) is 7.81. The maximum absolute atomic E-state index is 13.7. The van der Waals surface area contributed by atoms with Gasteiger partial charge in [0.1, 0.15) is 15.8 Å². The molecule has 1 aliphatic rings. The van der Waals surface area contributed by atoms with E-state index in [2.05, 4.69) is 29.8 Å². The van der Waals surface area contributed by atoms with Gasteiger partial charge in [0.15, 0.2) is 0 Å². The minimum absolute atomic E-state index is 0.0365. The van der Waals surface area contributed by atoms with Crippen molar-refractivity contribution in [2.24, 2.45) is 0 Å². The molecule has 6 nitrogen and oxygen atoms in total. The van der Waals surface area contributed by atoms with E-state index in [1.165, 1.54) is 33.9 Å². The lowest BCUT2D eigenvalue weighted by Gasteiger charge is -2.26. The van der Waals surface area contributed by atoms with Crippen LogP contribution in [0.4, 0.5) is 9.39 Å². The Bertz CT molecular complexity index is 1080. The molecule has 0 bridgehead atoms. The first-order chi connectivity index (χ1) is 15.0. The second-order valence-corrected chi connectivity index (χ2v) is 9.90. The highest BCUT2D eigenvalue weighted by Gasteiger charge is 2.30. The maximum Gasteiger partial charge on any atom is 0.226 e. The summed E-state index contributed by atoms with van der Waals surface area (Å²) in [5, 5.41) is 11.5. The molecule has 3 heterocycles. The first-order valence-electron chi connectivity index (χ1n) is 10.4. The Labute approximate surface area is 189 Å². The van der Waals surface area contributed by atoms with E-state index in [-0.39, 0.29) is 17.8 Å². The fourth-order valence-electron chi connectivity index (χ4n) is 3.91. The van der Waals surface area contributed by atoms with Crippen LogP contribution in [-0.2, 0) is 16.0 Å². The molecule has 3 N–H and O–H groups in total. The van der Waals surface area contributed by atoms with Gasteiger partial charge >= 0.3 is 0 Å². The average molecular weight is 463 g/mol. The minimum Gasteiger partial charge on any atom is -0.383 e. The van der Waals surface area contributed by atoms with Crippen LogP contribution in [0.3, 0.4) is 0 Å². The average Bonchev–Trinajstić information content (AvgIpc) is 3.28. The molecule has 0 spiro atoms. The summed E-state index contributed by atoms with van der Waals surface area (Å²) < 4.78 is 19.6. The van der Waals surface area contributed by atoms with Gasteiger partial charge in [-0.05, 0) is 38.0 Å². The Hall–Kier alpha value is -1.91. The van der Waals surface area contributed by atoms with Crippen LogP contribution in [0.1, 0.15) is 36.8 Å². The summed E-state index contributed by atoms with van der Waals surface area (Å²) in [5.41, 5.74) is 2.87. The number of thiazole rings is 1. The molecule has 9 heteroatoms. The summed E-state index contributed by atoms with van der Waals surface area (Å²) in [7, 11) is 1.65. The highest BCUT2D eigenvalue weighted by atomic mass is 32.1. The first kappa shape index (κ1) is 22.3. The van der Waals surface area contributed by atoms with Crippen LogP contribution in [0.25, 0.3) is 20.8 Å². The van der Waals surface area contributed by atoms with Gasteiger partial charge in [-0.1, -0.05) is 0 Å². The van der Waals surface area contributed by atoms with E-state index < -0.39 is 0 Å². The first-order valence-corrected chi connectivity index (χ1v) is 12.1. The molecule has 4 rings (SSSR count). The molecule has 3 aromatic rings. The Balaban J connectivity index is 1.65. The normalized spacial score (nSPS) is 18.3. The van der Waals surface area contributed by atoms with Gasteiger partial charge < -0.3 is 20.7 Å². The standard InChI is InChI=1S/C22H27FN4O2S2/c1-12-10-15-19(21-26-16-11-14(23)4-5-17(16)30-21)22(31-20(15)13(2)25-12)27-18(28)6-7-24-8-9-29-3/h4-5,11-13,24-25H,6-10H2,1-3H3,(H,27,28). The molecule has 1 aromatic carbocycles. The molecule has 2 unspecified atom stereocenters. The monoisotopic (exact) mass is 462 g/mol. The van der Waals surface area contributed by atoms with Crippen LogP contribution in [0, 0.1) is 5.82 Å². The second kappa shape index (κ2) is 9.70. The molecule has 0 saturated heterocycles. The lowest BCUT2D eigenvalue weighted by molar-refractivity contribution is -0.116. The number of hydrogen-bond donors (Lipinski definition) is 3. The van der Waals surface area contributed by atoms with Crippen LogP contribution in [0.15, 0.2) is 18.2 Å². The van der Waals surface area contributed by atoms with E-state index in [4.69, 9.17) is 9.72 Å². The van der Waals surface area contributed by atoms with Crippen molar-refractivity contribution in [3.05, 3.63) is 34.5 Å². The van der Waals surface area contributed by atoms with Crippen LogP contribution < -0.4 is 16.0 Å². The third-order valence-electron chi connectivity index (χ3n) is 5.30. The largest absolute Gasteiger partial charge is 0.383 e. The smallest absolute Gasteiger partial charge is 0.226 e. The molecular weight excluding hydrogens is 435 g/mol. The summed E-state index contributed by atoms with van der Waals surface area (Å²) in [4.78, 5) is 18.6. The third-order valence-corrected chi connectivity index (χ3v) is 7.69. The number of carbonyl (C=O) groups is 1. The number of rotatable bonds is 8. The van der Waals surface area contributed by atoms with E-state index >= 15 is 0 Å². The third kappa shape index (κ3) is 4.96. The van der Waals surface area contributed by atoms with Crippen LogP contribution in [0.2, 0.25) is 0 Å². The van der Waals surface area contributed by atoms with Gasteiger partial charge in [0.2, 0.25) is 5.91 Å². The van der Waals surface area contributed by atoms with Crippen molar-refractivity contribution in [3.63, 3.8) is 0 Å². The SMILES string of the molecule is COCCNCCC(=O)Nc1sc2c(c1-c1nc3cc(F)ccc3s1)CC(C)NC2C. The molecule has 0 aliphatic carbocycles. The molecule has 1 amide bonds. The molecule has 2 aromatic heterocycles. The number of fused-ring (bicyclic) bond motifs is 2. The number of hydrogen-bond acceptors (Lipinski definition) is 7. The molecule has 0 radical (unpaired) electrons. The number of benzene rings is 1. The summed E-state index contributed by atoms with van der Waals surface area (Å²) in [6, 6.07) is 5.22. The van der Waals surface area contributed by atoms with Crippen molar-refractivity contribution < 1.29 is 13.9 Å². The molecule has 0 fully saturated rings. The summed E-state index contributed by atoms with van der Waals surface area (Å²) >= 11 is 3.15. The van der Waals surface area contributed by atoms with Gasteiger partial charge in [0.05, 0.1) is 16.8 Å². The van der Waals surface area contributed by atoms with Gasteiger partial charge in [-0.2, -0.15) is 0 Å². The number of anilines is 1. The Morgan fingerprint density at radius 3 is 2.97 bits per heavy atom. The van der Waals surface area contributed by atoms with E-state index in [0.717, 1.165) is 26.7 Å². The number of nitrogens with zero attached hydrogens (tertiary/aromatic N) is 1. The predicted octanol–water partition coefficient (Wildman–Crippen LogP) is 4.32. The molecule has 31 heavy (non-hydrogen) atoms. The lowest BCUT2D eigenvalue weighted by atomic mass is 9.95. The Morgan fingerprint density at radius 2 is 2.16 bits per heavy atom. The van der Waals surface area contributed by atoms with E-state index in [0.29, 0.717) is 37.7 Å². The number of carbonyl (C=O) groups excluding carboxylic acids is 1. The molecule has 166 valence electrons. The number of nitrogens with one attached hydrogen (secondary N) is 3. The number of methoxy groups -OCH3 is 1. The van der Waals surface area contributed by atoms with Crippen molar-refractivity contribution in [2.75, 3.05) is 32.1 Å².